The lowest BCUT2D eigenvalue weighted by Gasteiger charge is -2.32. The number of rotatable bonds is 30. The number of halogens is 4. The summed E-state index contributed by atoms with van der Waals surface area (Å²) in [6.45, 7) is 33.9. The average Bonchev–Trinajstić information content (AvgIpc) is 1.54. The van der Waals surface area contributed by atoms with Crippen LogP contribution in [0.4, 0.5) is 4.39 Å². The first-order valence-electron chi connectivity index (χ1n) is 41.6. The number of nitrogens with zero attached hydrogens (tertiary/aromatic N) is 4. The number of nitrogens with one attached hydrogen (secondary N) is 3. The lowest BCUT2D eigenvalue weighted by molar-refractivity contribution is 0.0395. The van der Waals surface area contributed by atoms with Crippen LogP contribution >= 0.6 is 34.8 Å². The number of pyridine rings is 4. The van der Waals surface area contributed by atoms with Crippen molar-refractivity contribution in [3.8, 4) is 57.3 Å². The van der Waals surface area contributed by atoms with E-state index in [-0.39, 0.29) is 95.7 Å². The number of benzene rings is 3. The van der Waals surface area contributed by atoms with Gasteiger partial charge >= 0.3 is 0 Å². The number of methoxy groups -OCH3 is 2. The van der Waals surface area contributed by atoms with E-state index in [9.17, 15) is 41.9 Å². The Bertz CT molecular complexity index is 5150. The maximum atomic E-state index is 13.6. The maximum Gasteiger partial charge on any atom is 0.171 e. The lowest BCUT2D eigenvalue weighted by Crippen LogP contribution is -2.49. The van der Waals surface area contributed by atoms with Crippen LogP contribution in [0.1, 0.15) is 260 Å². The molecule has 1 saturated heterocycles. The first-order chi connectivity index (χ1) is 57.5. The Morgan fingerprint density at radius 3 is 1.23 bits per heavy atom. The molecule has 4 aromatic heterocycles. The molecule has 26 nitrogen and oxygen atoms in total. The fourth-order valence-electron chi connectivity index (χ4n) is 13.9. The number of ether oxygens (including phenoxy) is 9. The minimum Gasteiger partial charge on any atom is -0.493 e. The third-order valence-corrected chi connectivity index (χ3v) is 29.1. The van der Waals surface area contributed by atoms with E-state index in [0.717, 1.165) is 54.5 Å². The molecule has 7 aliphatic rings. The largest absolute Gasteiger partial charge is 0.493 e. The highest BCUT2D eigenvalue weighted by molar-refractivity contribution is 7.85. The Morgan fingerprint density at radius 1 is 0.504 bits per heavy atom. The molecule has 9 heterocycles. The van der Waals surface area contributed by atoms with Crippen LogP contribution in [0.5, 0.6) is 46.0 Å². The Morgan fingerprint density at radius 2 is 0.870 bits per heavy atom. The van der Waals surface area contributed by atoms with Crippen LogP contribution in [0.3, 0.4) is 0 Å². The van der Waals surface area contributed by atoms with Gasteiger partial charge in [0.2, 0.25) is 0 Å². The Balaban J connectivity index is 0.000000164. The quantitative estimate of drug-likeness (QED) is 0.0118. The number of aliphatic hydroxyl groups is 3. The van der Waals surface area contributed by atoms with E-state index in [1.165, 1.54) is 12.1 Å². The molecule has 11 atom stereocenters. The van der Waals surface area contributed by atoms with Crippen molar-refractivity contribution < 1.29 is 84.6 Å². The molecule has 2 saturated carbocycles. The zero-order valence-corrected chi connectivity index (χ0v) is 78.4. The number of hydrogen-bond acceptors (Lipinski definition) is 23. The molecular weight excluding hydrogens is 1700 g/mol. The normalized spacial score (nSPS) is 23.2. The topological polar surface area (TPSA) is 372 Å². The number of epoxide rings is 1. The molecule has 0 spiro atoms. The number of fused-ring (bicyclic) bond motifs is 4. The summed E-state index contributed by atoms with van der Waals surface area (Å²) in [4.78, 5) is 43.9. The van der Waals surface area contributed by atoms with E-state index in [0.29, 0.717) is 135 Å². The Kier molecular flexibility index (Phi) is 29.3. The summed E-state index contributed by atoms with van der Waals surface area (Å²) in [6.07, 6.45) is 7.53. The van der Waals surface area contributed by atoms with E-state index in [4.69, 9.17) is 93.9 Å². The molecule has 10 N–H and O–H groups in total. The zero-order chi connectivity index (χ0) is 90.3. The smallest absolute Gasteiger partial charge is 0.171 e. The van der Waals surface area contributed by atoms with Gasteiger partial charge in [-0.05, 0) is 239 Å². The van der Waals surface area contributed by atoms with Crippen LogP contribution in [0, 0.1) is 5.82 Å². The van der Waals surface area contributed by atoms with E-state index in [1.54, 1.807) is 102 Å². The van der Waals surface area contributed by atoms with Gasteiger partial charge in [0, 0.05) is 58.3 Å². The molecule has 3 aromatic carbocycles. The van der Waals surface area contributed by atoms with Gasteiger partial charge in [-0.25, -0.2) is 51.1 Å². The summed E-state index contributed by atoms with van der Waals surface area (Å²) in [5, 5.41) is 34.0. The minimum absolute atomic E-state index is 0.0104. The summed E-state index contributed by atoms with van der Waals surface area (Å²) in [6, 6.07) is 23.5. The molecule has 33 heteroatoms. The monoisotopic (exact) mass is 1820 g/mol. The van der Waals surface area contributed by atoms with Crippen molar-refractivity contribution in [2.24, 2.45) is 11.5 Å². The molecule has 0 radical (unpaired) electrons. The van der Waals surface area contributed by atoms with Crippen LogP contribution in [0.2, 0.25) is 15.5 Å². The second-order valence-electron chi connectivity index (χ2n) is 36.4. The average molecular weight is 1820 g/mol. The van der Waals surface area contributed by atoms with Gasteiger partial charge in [0.15, 0.2) is 73.0 Å². The van der Waals surface area contributed by atoms with Gasteiger partial charge < -0.3 is 69.4 Å². The fraction of sp³-hybridized carbons (Fsp3) is 0.556. The van der Waals surface area contributed by atoms with Crippen molar-refractivity contribution in [3.05, 3.63) is 162 Å². The Hall–Kier alpha value is -7.11. The van der Waals surface area contributed by atoms with Crippen LogP contribution in [0.15, 0.2) is 84.9 Å². The first-order valence-corrected chi connectivity index (χ1v) is 46.2. The Labute approximate surface area is 743 Å². The highest BCUT2D eigenvalue weighted by Crippen LogP contribution is 2.52. The van der Waals surface area contributed by atoms with Crippen molar-refractivity contribution in [2.75, 3.05) is 53.8 Å². The number of Topliss-reactive ketones (excluding diaryl/α,β-unsaturated/α-hetero) is 2. The van der Waals surface area contributed by atoms with E-state index in [1.807, 2.05) is 96.1 Å². The van der Waals surface area contributed by atoms with Gasteiger partial charge in [0.1, 0.15) is 60.3 Å². The fourth-order valence-corrected chi connectivity index (χ4v) is 17.6. The van der Waals surface area contributed by atoms with Crippen LogP contribution in [-0.4, -0.2) is 140 Å². The first kappa shape index (κ1) is 96.5. The summed E-state index contributed by atoms with van der Waals surface area (Å²) in [5.74, 6) is 3.65. The molecule has 2 aliphatic carbocycles. The predicted molar refractivity (Wildman–Crippen MR) is 476 cm³/mol. The number of aromatic nitrogens is 4. The summed E-state index contributed by atoms with van der Waals surface area (Å²) in [5.41, 5.74) is 12.2. The standard InChI is InChI=1S/C30H33FN2O5.C28H37ClN2O6S.C16H26ClN3O3S.C16H23ClN2O3S/c1-4-30(32)17-37-28-22(30)16-26(33-27(28)18-5-8-20(31)9-6-18)29(2,35)14-13-23(34)19-7-12-24(25(15-19)36-3)38-21-10-11-21;1-7-28(31-38(34)26(2,3)4)16-36-24-19(28)15-23(30-25(24)29)27(5,33)13-12-20(32)17-8-11-21(22(14-17)35-6)37-18-9-10-18;1-6-16(20-24(22)14(2,3)4)9-23-12-10(16)7-11(19-13(12)17)15(5,21)8-18;1-6-16(19-23(20)14(2,3)4)9-21-12-10(16)7-11(18-13(12)17)15(5)8-22-15/h5-9,12,15-16,21,35H,4,10-11,13-14,17,32H2,1-3H3;8,11,14-15,18,31,33H,7,9-10,12-13,16H2,1-6H3;7,20-21H,6,8-9,18H2,1-5H3;7,19H,6,8-9H2,1-5H3. The van der Waals surface area contributed by atoms with E-state index < -0.39 is 81.4 Å². The summed E-state index contributed by atoms with van der Waals surface area (Å²) in [7, 11) is -0.781. The highest BCUT2D eigenvalue weighted by atomic mass is 35.5. The number of nitrogens with two attached hydrogens (primary N) is 2. The van der Waals surface area contributed by atoms with Gasteiger partial charge in [-0.3, -0.25) is 9.59 Å². The second-order valence-corrected chi connectivity index (χ2v) is 43.4. The van der Waals surface area contributed by atoms with E-state index in [2.05, 4.69) is 36.0 Å². The molecule has 5 aliphatic heterocycles. The summed E-state index contributed by atoms with van der Waals surface area (Å²) >= 11 is 19.1. The molecule has 0 amide bonds. The van der Waals surface area contributed by atoms with Gasteiger partial charge in [0.25, 0.3) is 0 Å². The van der Waals surface area contributed by atoms with Crippen molar-refractivity contribution in [1.29, 1.82) is 0 Å². The molecule has 672 valence electrons. The molecule has 0 bridgehead atoms. The van der Waals surface area contributed by atoms with E-state index >= 15 is 0 Å². The van der Waals surface area contributed by atoms with Crippen molar-refractivity contribution in [2.45, 2.75) is 266 Å². The molecular formula is C90H119Cl3FN9O17S3. The molecule has 7 aromatic rings. The highest BCUT2D eigenvalue weighted by Gasteiger charge is 2.51. The second kappa shape index (κ2) is 37.3. The number of carbonyl (C=O) groups excluding carboxylic acids is 2. The van der Waals surface area contributed by atoms with Gasteiger partial charge in [-0.15, -0.1) is 0 Å². The van der Waals surface area contributed by atoms with Crippen LogP contribution in [-0.2, 0) is 82.3 Å². The van der Waals surface area contributed by atoms with Crippen molar-refractivity contribution in [1.82, 2.24) is 34.1 Å². The molecule has 3 fully saturated rings. The zero-order valence-electron chi connectivity index (χ0n) is 73.7. The SMILES string of the molecule is CCC1(N)COc2c1cc(C(C)(O)CCC(=O)c1ccc(OC3CC3)c(OC)c1)nc2-c1ccc(F)cc1.CCC1(NS(=O)C(C)(C)C)COc2c1cc(C(C)(O)CCC(=O)c1ccc(OC3CC3)c(OC)c1)nc2Cl.CCC1(NS(=O)C(C)(C)C)COc2c1cc(C(C)(O)CN)nc2Cl.CCC1(NS(=O)C(C)(C)C)COc2c1cc(C1(C)CO1)nc2Cl. The number of hydrogen-bond donors (Lipinski definition) is 8. The van der Waals surface area contributed by atoms with Crippen LogP contribution in [0.25, 0.3) is 11.3 Å². The predicted octanol–water partition coefficient (Wildman–Crippen LogP) is 15.4. The third kappa shape index (κ3) is 21.7. The number of ketones is 2. The minimum atomic E-state index is -1.45. The summed E-state index contributed by atoms with van der Waals surface area (Å²) < 4.78 is 112. The van der Waals surface area contributed by atoms with Gasteiger partial charge in [-0.2, -0.15) is 0 Å². The van der Waals surface area contributed by atoms with Gasteiger partial charge in [0.05, 0.1) is 125 Å². The lowest BCUT2D eigenvalue weighted by atomic mass is 9.86. The third-order valence-electron chi connectivity index (χ3n) is 23.3. The van der Waals surface area contributed by atoms with Crippen molar-refractivity contribution >= 4 is 79.3 Å². The van der Waals surface area contributed by atoms with Crippen LogP contribution < -0.4 is 63.5 Å². The van der Waals surface area contributed by atoms with Gasteiger partial charge in [-0.1, -0.05) is 62.5 Å². The maximum absolute atomic E-state index is 13.6. The molecule has 11 unspecified atom stereocenters. The molecule has 14 rings (SSSR count). The van der Waals surface area contributed by atoms with Crippen molar-refractivity contribution in [3.63, 3.8) is 0 Å². The molecule has 123 heavy (non-hydrogen) atoms. The number of carbonyl (C=O) groups is 2.